The number of nitrogens with one attached hydrogen (secondary N) is 3. The second kappa shape index (κ2) is 11.5. The standard InChI is InChI=1S/C19H29N5O3.ClH/c1-13(2)17(20)18(26)21-12-16(25)24-10-8-15(9-11-24)23-19(27)22-14-6-4-3-5-7-14;/h3-7,13,15,17H,8-12,20H2,1-2H3,(H,21,26)(H2,22,23,27);1H/t17-;/m0./s1. The van der Waals surface area contributed by atoms with Crippen molar-refractivity contribution in [3.05, 3.63) is 30.3 Å². The van der Waals surface area contributed by atoms with E-state index in [1.807, 2.05) is 44.2 Å². The molecule has 0 spiro atoms. The molecule has 1 aromatic carbocycles. The molecule has 9 heteroatoms. The highest BCUT2D eigenvalue weighted by molar-refractivity contribution is 5.89. The topological polar surface area (TPSA) is 117 Å². The van der Waals surface area contributed by atoms with Crippen LogP contribution in [0.5, 0.6) is 0 Å². The molecule has 1 aliphatic rings. The van der Waals surface area contributed by atoms with Crippen LogP contribution in [-0.4, -0.2) is 54.5 Å². The molecule has 28 heavy (non-hydrogen) atoms. The van der Waals surface area contributed by atoms with Crippen LogP contribution in [0.3, 0.4) is 0 Å². The minimum absolute atomic E-state index is 0. The number of hydrogen-bond acceptors (Lipinski definition) is 4. The molecule has 1 heterocycles. The van der Waals surface area contributed by atoms with Gasteiger partial charge in [-0.1, -0.05) is 32.0 Å². The summed E-state index contributed by atoms with van der Waals surface area (Å²) in [6, 6.07) is 8.38. The highest BCUT2D eigenvalue weighted by atomic mass is 35.5. The maximum absolute atomic E-state index is 12.2. The van der Waals surface area contributed by atoms with Crippen molar-refractivity contribution in [2.75, 3.05) is 25.0 Å². The third-order valence-electron chi connectivity index (χ3n) is 4.65. The third kappa shape index (κ3) is 7.36. The van der Waals surface area contributed by atoms with E-state index >= 15 is 0 Å². The van der Waals surface area contributed by atoms with E-state index in [1.165, 1.54) is 0 Å². The summed E-state index contributed by atoms with van der Waals surface area (Å²) < 4.78 is 0. The van der Waals surface area contributed by atoms with Crippen LogP contribution in [0, 0.1) is 5.92 Å². The van der Waals surface area contributed by atoms with E-state index in [1.54, 1.807) is 4.90 Å². The fourth-order valence-electron chi connectivity index (χ4n) is 2.84. The Bertz CT molecular complexity index is 648. The number of para-hydroxylation sites is 1. The Kier molecular flexibility index (Phi) is 9.75. The van der Waals surface area contributed by atoms with Crippen LogP contribution in [0.25, 0.3) is 0 Å². The third-order valence-corrected chi connectivity index (χ3v) is 4.65. The lowest BCUT2D eigenvalue weighted by Gasteiger charge is -2.32. The average molecular weight is 412 g/mol. The molecule has 0 saturated carbocycles. The highest BCUT2D eigenvalue weighted by Crippen LogP contribution is 2.11. The summed E-state index contributed by atoms with van der Waals surface area (Å²) >= 11 is 0. The summed E-state index contributed by atoms with van der Waals surface area (Å²) in [7, 11) is 0. The Morgan fingerprint density at radius 1 is 1.14 bits per heavy atom. The van der Waals surface area contributed by atoms with Crippen molar-refractivity contribution in [1.29, 1.82) is 0 Å². The Morgan fingerprint density at radius 2 is 1.75 bits per heavy atom. The van der Waals surface area contributed by atoms with Crippen LogP contribution in [0.4, 0.5) is 10.5 Å². The number of benzene rings is 1. The van der Waals surface area contributed by atoms with E-state index in [0.717, 1.165) is 5.69 Å². The van der Waals surface area contributed by atoms with Gasteiger partial charge in [-0.25, -0.2) is 4.79 Å². The van der Waals surface area contributed by atoms with E-state index in [9.17, 15) is 14.4 Å². The molecule has 1 aromatic rings. The SMILES string of the molecule is CC(C)[C@H](N)C(=O)NCC(=O)N1CCC(NC(=O)Nc2ccccc2)CC1.Cl. The zero-order chi connectivity index (χ0) is 19.8. The van der Waals surface area contributed by atoms with Gasteiger partial charge in [0.1, 0.15) is 0 Å². The van der Waals surface area contributed by atoms with Crippen LogP contribution < -0.4 is 21.7 Å². The minimum atomic E-state index is -0.615. The zero-order valence-corrected chi connectivity index (χ0v) is 17.1. The number of rotatable bonds is 6. The second-order valence-electron chi connectivity index (χ2n) is 7.11. The molecule has 4 amide bonds. The number of carbonyl (C=O) groups is 3. The fourth-order valence-corrected chi connectivity index (χ4v) is 2.84. The van der Waals surface area contributed by atoms with Gasteiger partial charge >= 0.3 is 6.03 Å². The van der Waals surface area contributed by atoms with E-state index in [-0.39, 0.29) is 48.8 Å². The van der Waals surface area contributed by atoms with Crippen molar-refractivity contribution in [2.24, 2.45) is 11.7 Å². The van der Waals surface area contributed by atoms with Crippen molar-refractivity contribution in [1.82, 2.24) is 15.5 Å². The van der Waals surface area contributed by atoms with Gasteiger partial charge in [0.2, 0.25) is 11.8 Å². The lowest BCUT2D eigenvalue weighted by Crippen LogP contribution is -2.51. The van der Waals surface area contributed by atoms with Gasteiger partial charge in [-0.2, -0.15) is 0 Å². The van der Waals surface area contributed by atoms with Crippen molar-refractivity contribution in [2.45, 2.75) is 38.8 Å². The summed E-state index contributed by atoms with van der Waals surface area (Å²) in [6.07, 6.45) is 1.35. The summed E-state index contributed by atoms with van der Waals surface area (Å²) in [5.41, 5.74) is 6.50. The Balaban J connectivity index is 0.00000392. The molecule has 0 bridgehead atoms. The van der Waals surface area contributed by atoms with Gasteiger partial charge in [-0.3, -0.25) is 9.59 Å². The predicted octanol–water partition coefficient (Wildman–Crippen LogP) is 1.32. The summed E-state index contributed by atoms with van der Waals surface area (Å²) in [5, 5.41) is 8.31. The number of urea groups is 1. The molecule has 8 nitrogen and oxygen atoms in total. The van der Waals surface area contributed by atoms with Gasteiger partial charge in [0.05, 0.1) is 12.6 Å². The molecular weight excluding hydrogens is 382 g/mol. The van der Waals surface area contributed by atoms with Crippen LogP contribution in [0.2, 0.25) is 0 Å². The van der Waals surface area contributed by atoms with Gasteiger partial charge in [0.25, 0.3) is 0 Å². The highest BCUT2D eigenvalue weighted by Gasteiger charge is 2.25. The van der Waals surface area contributed by atoms with Crippen LogP contribution in [0.1, 0.15) is 26.7 Å². The number of nitrogens with two attached hydrogens (primary N) is 1. The van der Waals surface area contributed by atoms with E-state index in [0.29, 0.717) is 25.9 Å². The summed E-state index contributed by atoms with van der Waals surface area (Å²) in [6.45, 7) is 4.75. The molecule has 2 rings (SSSR count). The smallest absolute Gasteiger partial charge is 0.319 e. The van der Waals surface area contributed by atoms with Crippen molar-refractivity contribution in [3.63, 3.8) is 0 Å². The molecule has 0 aliphatic carbocycles. The number of halogens is 1. The lowest BCUT2D eigenvalue weighted by molar-refractivity contribution is -0.134. The molecule has 156 valence electrons. The normalized spacial score (nSPS) is 15.4. The van der Waals surface area contributed by atoms with Crippen molar-refractivity contribution >= 4 is 35.9 Å². The van der Waals surface area contributed by atoms with E-state index in [4.69, 9.17) is 5.73 Å². The van der Waals surface area contributed by atoms with E-state index < -0.39 is 6.04 Å². The second-order valence-corrected chi connectivity index (χ2v) is 7.11. The van der Waals surface area contributed by atoms with Gasteiger partial charge < -0.3 is 26.6 Å². The van der Waals surface area contributed by atoms with Crippen molar-refractivity contribution < 1.29 is 14.4 Å². The number of nitrogens with zero attached hydrogens (tertiary/aromatic N) is 1. The molecule has 0 unspecified atom stereocenters. The lowest BCUT2D eigenvalue weighted by atomic mass is 10.0. The van der Waals surface area contributed by atoms with Gasteiger partial charge in [0.15, 0.2) is 0 Å². The quantitative estimate of drug-likeness (QED) is 0.564. The number of carbonyl (C=O) groups excluding carboxylic acids is 3. The molecule has 0 aromatic heterocycles. The monoisotopic (exact) mass is 411 g/mol. The van der Waals surface area contributed by atoms with Crippen molar-refractivity contribution in [3.8, 4) is 0 Å². The molecule has 1 saturated heterocycles. The van der Waals surface area contributed by atoms with Gasteiger partial charge in [0, 0.05) is 24.8 Å². The Hall–Kier alpha value is -2.32. The zero-order valence-electron chi connectivity index (χ0n) is 16.3. The first-order chi connectivity index (χ1) is 12.9. The Labute approximate surface area is 172 Å². The summed E-state index contributed by atoms with van der Waals surface area (Å²) in [5.74, 6) is -0.428. The average Bonchev–Trinajstić information content (AvgIpc) is 2.66. The Morgan fingerprint density at radius 3 is 2.32 bits per heavy atom. The molecule has 5 N–H and O–H groups in total. The number of amides is 4. The first-order valence-electron chi connectivity index (χ1n) is 9.30. The number of anilines is 1. The molecule has 0 radical (unpaired) electrons. The number of hydrogen-bond donors (Lipinski definition) is 4. The number of piperidine rings is 1. The maximum Gasteiger partial charge on any atom is 0.319 e. The van der Waals surface area contributed by atoms with Gasteiger partial charge in [-0.05, 0) is 30.9 Å². The van der Waals surface area contributed by atoms with Crippen LogP contribution >= 0.6 is 12.4 Å². The first kappa shape index (κ1) is 23.7. The van der Waals surface area contributed by atoms with Crippen LogP contribution in [0.15, 0.2) is 30.3 Å². The maximum atomic E-state index is 12.2. The molecular formula is C19H30ClN5O3. The first-order valence-corrected chi connectivity index (χ1v) is 9.30. The molecule has 1 fully saturated rings. The molecule has 1 atom stereocenters. The largest absolute Gasteiger partial charge is 0.346 e. The predicted molar refractivity (Wildman–Crippen MR) is 111 cm³/mol. The number of likely N-dealkylation sites (tertiary alicyclic amines) is 1. The van der Waals surface area contributed by atoms with Gasteiger partial charge in [-0.15, -0.1) is 12.4 Å². The molecule has 1 aliphatic heterocycles. The van der Waals surface area contributed by atoms with E-state index in [2.05, 4.69) is 16.0 Å². The minimum Gasteiger partial charge on any atom is -0.346 e. The van der Waals surface area contributed by atoms with Crippen LogP contribution in [-0.2, 0) is 9.59 Å². The fraction of sp³-hybridized carbons (Fsp3) is 0.526. The summed E-state index contributed by atoms with van der Waals surface area (Å²) in [4.78, 5) is 37.8.